The number of carbonyl (C=O) groups is 1. The van der Waals surface area contributed by atoms with Crippen molar-refractivity contribution < 1.29 is 9.53 Å². The first kappa shape index (κ1) is 10.5. The maximum Gasteiger partial charge on any atom is 0.246 e. The minimum absolute atomic E-state index is 0.00798. The van der Waals surface area contributed by atoms with Gasteiger partial charge >= 0.3 is 0 Å². The van der Waals surface area contributed by atoms with E-state index in [1.807, 2.05) is 0 Å². The Kier molecular flexibility index (Phi) is 2.66. The number of rotatable bonds is 1. The van der Waals surface area contributed by atoms with Crippen LogP contribution in [0.3, 0.4) is 0 Å². The molecule has 1 rings (SSSR count). The quantitative estimate of drug-likeness (QED) is 0.669. The Bertz CT molecular complexity index is 195. The normalized spacial score (nSPS) is 30.0. The van der Waals surface area contributed by atoms with Crippen LogP contribution in [0, 0.1) is 5.41 Å². The van der Waals surface area contributed by atoms with Gasteiger partial charge in [-0.3, -0.25) is 4.79 Å². The summed E-state index contributed by atoms with van der Waals surface area (Å²) in [4.78, 5) is 10.9. The number of amides is 1. The summed E-state index contributed by atoms with van der Waals surface area (Å²) in [5.74, 6) is -0.00798. The summed E-state index contributed by atoms with van der Waals surface area (Å²) < 4.78 is 5.54. The molecule has 0 aromatic heterocycles. The fourth-order valence-electron chi connectivity index (χ4n) is 1.86. The van der Waals surface area contributed by atoms with Crippen molar-refractivity contribution in [1.29, 1.82) is 0 Å². The Balaban J connectivity index is 2.52. The van der Waals surface area contributed by atoms with E-state index in [0.29, 0.717) is 6.54 Å². The Labute approximate surface area is 79.8 Å². The summed E-state index contributed by atoms with van der Waals surface area (Å²) in [6, 6.07) is 0. The maximum atomic E-state index is 10.9. The van der Waals surface area contributed by atoms with E-state index in [0.717, 1.165) is 6.42 Å². The van der Waals surface area contributed by atoms with Crippen molar-refractivity contribution in [3.8, 4) is 0 Å². The predicted molar refractivity (Wildman–Crippen MR) is 51.4 cm³/mol. The molecule has 3 heteroatoms. The average Bonchev–Trinajstić information content (AvgIpc) is 1.92. The fraction of sp³-hybridized carbons (Fsp3) is 0.900. The van der Waals surface area contributed by atoms with E-state index in [1.165, 1.54) is 0 Å². The minimum atomic E-state index is -0.188. The molecule has 1 heterocycles. The molecule has 3 nitrogen and oxygen atoms in total. The van der Waals surface area contributed by atoms with Crippen LogP contribution in [0.1, 0.15) is 34.1 Å². The zero-order valence-corrected chi connectivity index (χ0v) is 8.94. The van der Waals surface area contributed by atoms with Crippen LogP contribution in [0.25, 0.3) is 0 Å². The second-order valence-corrected chi connectivity index (χ2v) is 5.25. The van der Waals surface area contributed by atoms with E-state index >= 15 is 0 Å². The summed E-state index contributed by atoms with van der Waals surface area (Å²) in [7, 11) is 0. The SMILES string of the molecule is CC(C)(C)CC1(C)CNC(=O)CO1. The van der Waals surface area contributed by atoms with Gasteiger partial charge in [-0.05, 0) is 18.8 Å². The summed E-state index contributed by atoms with van der Waals surface area (Å²) in [6.07, 6.45) is 0.959. The third-order valence-electron chi connectivity index (χ3n) is 2.12. The van der Waals surface area contributed by atoms with Gasteiger partial charge in [0.1, 0.15) is 6.61 Å². The van der Waals surface area contributed by atoms with E-state index < -0.39 is 0 Å². The summed E-state index contributed by atoms with van der Waals surface area (Å²) in [5.41, 5.74) is 0.0446. The minimum Gasteiger partial charge on any atom is -0.364 e. The van der Waals surface area contributed by atoms with Crippen molar-refractivity contribution in [2.45, 2.75) is 39.7 Å². The largest absolute Gasteiger partial charge is 0.364 e. The molecule has 1 aliphatic rings. The van der Waals surface area contributed by atoms with Gasteiger partial charge in [0.05, 0.1) is 5.60 Å². The van der Waals surface area contributed by atoms with Crippen molar-refractivity contribution in [3.05, 3.63) is 0 Å². The molecule has 1 amide bonds. The molecule has 1 atom stereocenters. The number of hydrogen-bond acceptors (Lipinski definition) is 2. The van der Waals surface area contributed by atoms with Crippen LogP contribution in [-0.4, -0.2) is 24.7 Å². The van der Waals surface area contributed by atoms with Gasteiger partial charge in [-0.1, -0.05) is 20.8 Å². The van der Waals surface area contributed by atoms with Gasteiger partial charge < -0.3 is 10.1 Å². The van der Waals surface area contributed by atoms with Crippen LogP contribution < -0.4 is 5.32 Å². The van der Waals surface area contributed by atoms with Gasteiger partial charge in [-0.25, -0.2) is 0 Å². The Morgan fingerprint density at radius 1 is 1.54 bits per heavy atom. The third kappa shape index (κ3) is 3.35. The lowest BCUT2D eigenvalue weighted by Gasteiger charge is -2.38. The number of ether oxygens (including phenoxy) is 1. The Morgan fingerprint density at radius 3 is 2.54 bits per heavy atom. The molecule has 0 aliphatic carbocycles. The lowest BCUT2D eigenvalue weighted by Crippen LogP contribution is -2.52. The van der Waals surface area contributed by atoms with Gasteiger partial charge in [0.2, 0.25) is 5.91 Å². The zero-order valence-electron chi connectivity index (χ0n) is 8.94. The summed E-state index contributed by atoms with van der Waals surface area (Å²) in [6.45, 7) is 9.42. The first-order chi connectivity index (χ1) is 5.81. The predicted octanol–water partition coefficient (Wildman–Crippen LogP) is 1.33. The van der Waals surface area contributed by atoms with Crippen LogP contribution in [-0.2, 0) is 9.53 Å². The van der Waals surface area contributed by atoms with Crippen molar-refractivity contribution in [2.24, 2.45) is 5.41 Å². The highest BCUT2D eigenvalue weighted by Gasteiger charge is 2.34. The first-order valence-corrected chi connectivity index (χ1v) is 4.71. The molecule has 1 saturated heterocycles. The van der Waals surface area contributed by atoms with Crippen LogP contribution in [0.5, 0.6) is 0 Å². The molecule has 76 valence electrons. The molecule has 1 N–H and O–H groups in total. The molecule has 1 unspecified atom stereocenters. The smallest absolute Gasteiger partial charge is 0.246 e. The van der Waals surface area contributed by atoms with Crippen LogP contribution in [0.15, 0.2) is 0 Å². The molecule has 1 fully saturated rings. The Hall–Kier alpha value is -0.570. The topological polar surface area (TPSA) is 38.3 Å². The van der Waals surface area contributed by atoms with Gasteiger partial charge in [-0.15, -0.1) is 0 Å². The summed E-state index contributed by atoms with van der Waals surface area (Å²) >= 11 is 0. The van der Waals surface area contributed by atoms with Gasteiger partial charge in [-0.2, -0.15) is 0 Å². The molecule has 0 aromatic carbocycles. The van der Waals surface area contributed by atoms with Crippen molar-refractivity contribution in [3.63, 3.8) is 0 Å². The fourth-order valence-corrected chi connectivity index (χ4v) is 1.86. The average molecular weight is 185 g/mol. The van der Waals surface area contributed by atoms with E-state index in [1.54, 1.807) is 0 Å². The molecule has 0 bridgehead atoms. The van der Waals surface area contributed by atoms with E-state index in [-0.39, 0.29) is 23.5 Å². The number of morpholine rings is 1. The van der Waals surface area contributed by atoms with Crippen LogP contribution in [0.4, 0.5) is 0 Å². The molecule has 0 radical (unpaired) electrons. The molecular formula is C10H19NO2. The number of hydrogen-bond donors (Lipinski definition) is 1. The van der Waals surface area contributed by atoms with Gasteiger partial charge in [0.25, 0.3) is 0 Å². The van der Waals surface area contributed by atoms with Gasteiger partial charge in [0.15, 0.2) is 0 Å². The highest BCUT2D eigenvalue weighted by atomic mass is 16.5. The standard InChI is InChI=1S/C10H19NO2/c1-9(2,3)6-10(4)7-11-8(12)5-13-10/h5-7H2,1-4H3,(H,11,12). The number of nitrogens with one attached hydrogen (secondary N) is 1. The lowest BCUT2D eigenvalue weighted by atomic mass is 9.82. The zero-order chi connectivity index (χ0) is 10.1. The number of carbonyl (C=O) groups excluding carboxylic acids is 1. The van der Waals surface area contributed by atoms with E-state index in [2.05, 4.69) is 33.0 Å². The highest BCUT2D eigenvalue weighted by Crippen LogP contribution is 2.30. The molecular weight excluding hydrogens is 166 g/mol. The van der Waals surface area contributed by atoms with Crippen LogP contribution >= 0.6 is 0 Å². The molecule has 13 heavy (non-hydrogen) atoms. The second kappa shape index (κ2) is 3.29. The lowest BCUT2D eigenvalue weighted by molar-refractivity contribution is -0.145. The van der Waals surface area contributed by atoms with E-state index in [4.69, 9.17) is 4.74 Å². The second-order valence-electron chi connectivity index (χ2n) is 5.25. The monoisotopic (exact) mass is 185 g/mol. The third-order valence-corrected chi connectivity index (χ3v) is 2.12. The first-order valence-electron chi connectivity index (χ1n) is 4.71. The van der Waals surface area contributed by atoms with Crippen molar-refractivity contribution in [2.75, 3.05) is 13.2 Å². The maximum absolute atomic E-state index is 10.9. The van der Waals surface area contributed by atoms with Crippen LogP contribution in [0.2, 0.25) is 0 Å². The molecule has 1 aliphatic heterocycles. The van der Waals surface area contributed by atoms with E-state index in [9.17, 15) is 4.79 Å². The Morgan fingerprint density at radius 2 is 2.15 bits per heavy atom. The summed E-state index contributed by atoms with van der Waals surface area (Å²) in [5, 5.41) is 2.83. The van der Waals surface area contributed by atoms with Crippen molar-refractivity contribution in [1.82, 2.24) is 5.32 Å². The van der Waals surface area contributed by atoms with Gasteiger partial charge in [0, 0.05) is 6.54 Å². The van der Waals surface area contributed by atoms with Crippen molar-refractivity contribution >= 4 is 5.91 Å². The molecule has 0 saturated carbocycles. The highest BCUT2D eigenvalue weighted by molar-refractivity contribution is 5.77. The molecule has 0 spiro atoms. The molecule has 0 aromatic rings.